The van der Waals surface area contributed by atoms with Gasteiger partial charge in [-0.2, -0.15) is 0 Å². The Hall–Kier alpha value is -0.950. The summed E-state index contributed by atoms with van der Waals surface area (Å²) in [5, 5.41) is 2.15. The van der Waals surface area contributed by atoms with Gasteiger partial charge in [-0.05, 0) is 36.6 Å². The third-order valence-corrected chi connectivity index (χ3v) is 6.61. The molecule has 2 aliphatic heterocycles. The number of carbonyl (C=O) groups is 1. The van der Waals surface area contributed by atoms with E-state index in [0.29, 0.717) is 12.5 Å². The fourth-order valence-corrected chi connectivity index (χ4v) is 5.11. The SMILES string of the molecule is CCOCC(=O)N1CCC2(CC1)CN(Cc1cccs1)C[C@@H]2COC. The molecular weight excluding hydrogens is 336 g/mol. The van der Waals surface area contributed by atoms with Crippen LogP contribution in [0.4, 0.5) is 0 Å². The summed E-state index contributed by atoms with van der Waals surface area (Å²) in [6.07, 6.45) is 2.14. The third kappa shape index (κ3) is 4.42. The van der Waals surface area contributed by atoms with Crippen LogP contribution in [0, 0.1) is 11.3 Å². The van der Waals surface area contributed by atoms with E-state index < -0.39 is 0 Å². The highest BCUT2D eigenvalue weighted by Gasteiger charge is 2.48. The minimum absolute atomic E-state index is 0.133. The van der Waals surface area contributed by atoms with Crippen LogP contribution < -0.4 is 0 Å². The molecule has 0 aliphatic carbocycles. The van der Waals surface area contributed by atoms with Crippen molar-refractivity contribution in [2.45, 2.75) is 26.3 Å². The number of amides is 1. The topological polar surface area (TPSA) is 42.0 Å². The van der Waals surface area contributed by atoms with E-state index in [4.69, 9.17) is 9.47 Å². The lowest BCUT2D eigenvalue weighted by Gasteiger charge is -2.42. The Bertz CT molecular complexity index is 541. The Morgan fingerprint density at radius 1 is 1.40 bits per heavy atom. The van der Waals surface area contributed by atoms with Crippen molar-refractivity contribution < 1.29 is 14.3 Å². The number of carbonyl (C=O) groups excluding carboxylic acids is 1. The molecule has 3 rings (SSSR count). The Labute approximate surface area is 154 Å². The van der Waals surface area contributed by atoms with Crippen molar-refractivity contribution in [3.8, 4) is 0 Å². The minimum atomic E-state index is 0.133. The van der Waals surface area contributed by atoms with Gasteiger partial charge in [0.05, 0.1) is 6.61 Å². The van der Waals surface area contributed by atoms with Crippen molar-refractivity contribution in [2.75, 3.05) is 53.1 Å². The van der Waals surface area contributed by atoms with Crippen molar-refractivity contribution >= 4 is 17.2 Å². The Kier molecular flexibility index (Phi) is 6.49. The van der Waals surface area contributed by atoms with Gasteiger partial charge in [0.2, 0.25) is 5.91 Å². The first-order chi connectivity index (χ1) is 12.2. The minimum Gasteiger partial charge on any atom is -0.384 e. The number of hydrogen-bond acceptors (Lipinski definition) is 5. The number of piperidine rings is 1. The number of thiophene rings is 1. The predicted molar refractivity (Wildman–Crippen MR) is 99.7 cm³/mol. The number of ether oxygens (including phenoxy) is 2. The molecule has 1 aromatic rings. The summed E-state index contributed by atoms with van der Waals surface area (Å²) in [6, 6.07) is 4.34. The van der Waals surface area contributed by atoms with Crippen molar-refractivity contribution in [3.05, 3.63) is 22.4 Å². The lowest BCUT2D eigenvalue weighted by Crippen LogP contribution is -2.48. The van der Waals surface area contributed by atoms with Gasteiger partial charge in [-0.1, -0.05) is 6.07 Å². The van der Waals surface area contributed by atoms with Gasteiger partial charge in [0.15, 0.2) is 0 Å². The summed E-state index contributed by atoms with van der Waals surface area (Å²) in [4.78, 5) is 18.2. The molecule has 140 valence electrons. The zero-order valence-electron chi connectivity index (χ0n) is 15.4. The molecule has 25 heavy (non-hydrogen) atoms. The molecule has 6 heteroatoms. The van der Waals surface area contributed by atoms with Gasteiger partial charge in [-0.25, -0.2) is 0 Å². The van der Waals surface area contributed by atoms with E-state index in [-0.39, 0.29) is 17.9 Å². The number of hydrogen-bond donors (Lipinski definition) is 0. The lowest BCUT2D eigenvalue weighted by atomic mass is 9.71. The first kappa shape index (κ1) is 18.8. The van der Waals surface area contributed by atoms with Crippen LogP contribution in [0.25, 0.3) is 0 Å². The molecule has 0 saturated carbocycles. The maximum Gasteiger partial charge on any atom is 0.248 e. The van der Waals surface area contributed by atoms with Gasteiger partial charge in [-0.3, -0.25) is 9.69 Å². The average molecular weight is 367 g/mol. The Balaban J connectivity index is 1.60. The maximum atomic E-state index is 12.2. The summed E-state index contributed by atoms with van der Waals surface area (Å²) in [5.41, 5.74) is 0.287. The van der Waals surface area contributed by atoms with Crippen LogP contribution in [-0.2, 0) is 20.8 Å². The normalized spacial score (nSPS) is 23.4. The summed E-state index contributed by atoms with van der Waals surface area (Å²) in [5.74, 6) is 0.690. The van der Waals surface area contributed by atoms with Crippen molar-refractivity contribution in [1.82, 2.24) is 9.80 Å². The van der Waals surface area contributed by atoms with Gasteiger partial charge < -0.3 is 14.4 Å². The molecule has 1 atom stereocenters. The van der Waals surface area contributed by atoms with Gasteiger partial charge in [0.1, 0.15) is 6.61 Å². The number of likely N-dealkylation sites (tertiary alicyclic amines) is 2. The first-order valence-corrected chi connectivity index (χ1v) is 10.1. The molecule has 1 amide bonds. The zero-order valence-corrected chi connectivity index (χ0v) is 16.2. The smallest absolute Gasteiger partial charge is 0.248 e. The van der Waals surface area contributed by atoms with Gasteiger partial charge in [0, 0.05) is 57.2 Å². The van der Waals surface area contributed by atoms with E-state index in [9.17, 15) is 4.79 Å². The largest absolute Gasteiger partial charge is 0.384 e. The molecule has 0 bridgehead atoms. The number of rotatable bonds is 7. The average Bonchev–Trinajstić information content (AvgIpc) is 3.23. The molecule has 1 aromatic heterocycles. The molecule has 2 aliphatic rings. The fourth-order valence-electron chi connectivity index (χ4n) is 4.37. The highest BCUT2D eigenvalue weighted by Crippen LogP contribution is 2.45. The van der Waals surface area contributed by atoms with Gasteiger partial charge in [0.25, 0.3) is 0 Å². The van der Waals surface area contributed by atoms with E-state index in [0.717, 1.165) is 52.2 Å². The Morgan fingerprint density at radius 2 is 2.20 bits per heavy atom. The zero-order chi connectivity index (χ0) is 17.7. The molecule has 2 saturated heterocycles. The van der Waals surface area contributed by atoms with Crippen LogP contribution in [0.1, 0.15) is 24.6 Å². The second-order valence-corrected chi connectivity index (χ2v) is 8.31. The molecule has 3 heterocycles. The molecule has 0 unspecified atom stereocenters. The molecule has 0 aromatic carbocycles. The molecule has 0 radical (unpaired) electrons. The Morgan fingerprint density at radius 3 is 2.84 bits per heavy atom. The van der Waals surface area contributed by atoms with Crippen LogP contribution in [0.5, 0.6) is 0 Å². The summed E-state index contributed by atoms with van der Waals surface area (Å²) in [6.45, 7) is 8.49. The quantitative estimate of drug-likeness (QED) is 0.743. The van der Waals surface area contributed by atoms with Crippen molar-refractivity contribution in [3.63, 3.8) is 0 Å². The molecule has 1 spiro atoms. The molecule has 2 fully saturated rings. The predicted octanol–water partition coefficient (Wildman–Crippen LogP) is 2.47. The van der Waals surface area contributed by atoms with Gasteiger partial charge in [-0.15, -0.1) is 11.3 Å². The van der Waals surface area contributed by atoms with E-state index in [1.165, 1.54) is 4.88 Å². The van der Waals surface area contributed by atoms with E-state index in [2.05, 4.69) is 22.4 Å². The highest BCUT2D eigenvalue weighted by atomic mass is 32.1. The van der Waals surface area contributed by atoms with Gasteiger partial charge >= 0.3 is 0 Å². The summed E-state index contributed by atoms with van der Waals surface area (Å²) >= 11 is 1.83. The standard InChI is InChI=1S/C19H30N2O3S/c1-3-24-14-18(22)21-8-6-19(7-9-21)15-20(11-16(19)13-23-2)12-17-5-4-10-25-17/h4-5,10,16H,3,6-9,11-15H2,1-2H3/t16-/m1/s1. The molecular formula is C19H30N2O3S. The second kappa shape index (κ2) is 8.62. The van der Waals surface area contributed by atoms with Crippen LogP contribution in [0.2, 0.25) is 0 Å². The van der Waals surface area contributed by atoms with Crippen molar-refractivity contribution in [1.29, 1.82) is 0 Å². The maximum absolute atomic E-state index is 12.2. The fraction of sp³-hybridized carbons (Fsp3) is 0.737. The summed E-state index contributed by atoms with van der Waals surface area (Å²) in [7, 11) is 1.80. The van der Waals surface area contributed by atoms with Crippen LogP contribution in [0.15, 0.2) is 17.5 Å². The number of methoxy groups -OCH3 is 1. The van der Waals surface area contributed by atoms with E-state index in [1.54, 1.807) is 7.11 Å². The van der Waals surface area contributed by atoms with Crippen LogP contribution in [0.3, 0.4) is 0 Å². The van der Waals surface area contributed by atoms with Crippen LogP contribution >= 0.6 is 11.3 Å². The molecule has 5 nitrogen and oxygen atoms in total. The monoisotopic (exact) mass is 366 g/mol. The first-order valence-electron chi connectivity index (χ1n) is 9.26. The summed E-state index contributed by atoms with van der Waals surface area (Å²) < 4.78 is 10.8. The van der Waals surface area contributed by atoms with E-state index >= 15 is 0 Å². The van der Waals surface area contributed by atoms with Crippen molar-refractivity contribution in [2.24, 2.45) is 11.3 Å². The molecule has 0 N–H and O–H groups in total. The van der Waals surface area contributed by atoms with Crippen LogP contribution in [-0.4, -0.2) is 68.8 Å². The lowest BCUT2D eigenvalue weighted by molar-refractivity contribution is -0.138. The van der Waals surface area contributed by atoms with E-state index in [1.807, 2.05) is 23.2 Å². The highest BCUT2D eigenvalue weighted by molar-refractivity contribution is 7.09. The third-order valence-electron chi connectivity index (χ3n) is 5.75. The number of nitrogens with zero attached hydrogens (tertiary/aromatic N) is 2. The second-order valence-electron chi connectivity index (χ2n) is 7.28.